The van der Waals surface area contributed by atoms with E-state index in [1.807, 2.05) is 116 Å². The SMILES string of the molecule is C=CCOC(=O)C(N1C(=O)[C@H]([C@@H](C)O[Si](C)(C)C(C)(C)C)[C@H]1[C@H]1CCC/C(=C\c2cc3ccccc3s2)C1=O)=P(c1ccccc1)(c1ccccc1)c1ccccc1. The predicted molar refractivity (Wildman–Crippen MR) is 245 cm³/mol. The van der Waals surface area contributed by atoms with E-state index >= 15 is 14.4 Å². The molecule has 4 atom stereocenters. The molecule has 5 aromatic rings. The maximum absolute atomic E-state index is 15.4. The smallest absolute Gasteiger partial charge is 0.356 e. The monoisotopic (exact) mass is 827 g/mol. The number of carbonyl (C=O) groups excluding carboxylic acids is 3. The number of fused-ring (bicyclic) bond motifs is 1. The quantitative estimate of drug-likeness (QED) is 0.0313. The van der Waals surface area contributed by atoms with Gasteiger partial charge in [-0.05, 0) is 89.4 Å². The molecule has 4 aromatic carbocycles. The molecule has 1 aromatic heterocycles. The van der Waals surface area contributed by atoms with E-state index in [0.29, 0.717) is 12.8 Å². The number of esters is 1. The highest BCUT2D eigenvalue weighted by Crippen LogP contribution is 2.52. The van der Waals surface area contributed by atoms with Crippen LogP contribution >= 0.6 is 18.2 Å². The molecule has 300 valence electrons. The van der Waals surface area contributed by atoms with Crippen LogP contribution in [-0.2, 0) is 23.5 Å². The Kier molecular flexibility index (Phi) is 12.1. The molecule has 1 saturated carbocycles. The number of hydrogen-bond donors (Lipinski definition) is 0. The van der Waals surface area contributed by atoms with Crippen LogP contribution in [0.15, 0.2) is 140 Å². The molecule has 58 heavy (non-hydrogen) atoms. The lowest BCUT2D eigenvalue weighted by atomic mass is 9.69. The lowest BCUT2D eigenvalue weighted by Crippen LogP contribution is -2.72. The molecular formula is C49H54NO5PSSi. The van der Waals surface area contributed by atoms with Crippen LogP contribution in [-0.4, -0.2) is 55.0 Å². The van der Waals surface area contributed by atoms with E-state index < -0.39 is 45.2 Å². The number of hydrogen-bond acceptors (Lipinski definition) is 6. The van der Waals surface area contributed by atoms with Gasteiger partial charge in [0, 0.05) is 22.4 Å². The molecule has 2 aliphatic rings. The van der Waals surface area contributed by atoms with Gasteiger partial charge in [0.1, 0.15) is 12.0 Å². The molecule has 0 spiro atoms. The Balaban J connectivity index is 1.49. The van der Waals surface area contributed by atoms with Crippen LogP contribution in [0, 0.1) is 11.8 Å². The summed E-state index contributed by atoms with van der Waals surface area (Å²) < 4.78 is 14.3. The summed E-state index contributed by atoms with van der Waals surface area (Å²) in [6.45, 7) is 13.6. The molecule has 9 heteroatoms. The summed E-state index contributed by atoms with van der Waals surface area (Å²) in [6, 6.07) is 39.8. The molecule has 1 saturated heterocycles. The largest absolute Gasteiger partial charge is 0.457 e. The Morgan fingerprint density at radius 1 is 0.897 bits per heavy atom. The average Bonchev–Trinajstić information content (AvgIpc) is 3.63. The van der Waals surface area contributed by atoms with Crippen LogP contribution in [0.3, 0.4) is 0 Å². The second-order valence-electron chi connectivity index (χ2n) is 16.9. The summed E-state index contributed by atoms with van der Waals surface area (Å²) in [7, 11) is -2.37. The van der Waals surface area contributed by atoms with Crippen LogP contribution in [0.1, 0.15) is 51.8 Å². The molecular weight excluding hydrogens is 774 g/mol. The summed E-state index contributed by atoms with van der Waals surface area (Å²) in [5.41, 5.74) is 1.03. The molecule has 7 rings (SSSR count). The zero-order valence-corrected chi connectivity index (χ0v) is 37.1. The molecule has 1 aliphatic carbocycles. The second-order valence-corrected chi connectivity index (χ2v) is 26.1. The third kappa shape index (κ3) is 7.68. The number of Topliss-reactive ketones (excluding diaryl/α,β-unsaturated/α-hetero) is 1. The second kappa shape index (κ2) is 16.9. The van der Waals surface area contributed by atoms with Crippen LogP contribution < -0.4 is 15.9 Å². The van der Waals surface area contributed by atoms with Crippen molar-refractivity contribution in [2.45, 2.75) is 77.2 Å². The number of nitrogens with zero attached hydrogens (tertiary/aromatic N) is 1. The average molecular weight is 828 g/mol. The van der Waals surface area contributed by atoms with E-state index in [9.17, 15) is 0 Å². The highest BCUT2D eigenvalue weighted by atomic mass is 32.1. The van der Waals surface area contributed by atoms with Crippen molar-refractivity contribution in [3.05, 3.63) is 144 Å². The number of ketones is 1. The van der Waals surface area contributed by atoms with Crippen molar-refractivity contribution in [2.75, 3.05) is 6.61 Å². The first-order chi connectivity index (χ1) is 27.8. The minimum absolute atomic E-state index is 0.0256. The van der Waals surface area contributed by atoms with Gasteiger partial charge in [0.15, 0.2) is 14.1 Å². The van der Waals surface area contributed by atoms with Gasteiger partial charge in [-0.3, -0.25) is 9.59 Å². The molecule has 0 radical (unpaired) electrons. The van der Waals surface area contributed by atoms with Gasteiger partial charge >= 0.3 is 5.97 Å². The van der Waals surface area contributed by atoms with Crippen LogP contribution in [0.25, 0.3) is 16.2 Å². The Labute approximate surface area is 348 Å². The van der Waals surface area contributed by atoms with Crippen LogP contribution in [0.4, 0.5) is 0 Å². The topological polar surface area (TPSA) is 72.9 Å². The number of carbonyl (C=O) groups is 3. The number of β-lactam (4-membered cyclic amide) rings is 1. The van der Waals surface area contributed by atoms with E-state index in [4.69, 9.17) is 9.16 Å². The highest BCUT2D eigenvalue weighted by molar-refractivity contribution is 7.96. The first-order valence-electron chi connectivity index (χ1n) is 20.3. The van der Waals surface area contributed by atoms with Gasteiger partial charge < -0.3 is 14.1 Å². The molecule has 1 aliphatic heterocycles. The van der Waals surface area contributed by atoms with Gasteiger partial charge in [0.2, 0.25) is 5.91 Å². The van der Waals surface area contributed by atoms with E-state index in [2.05, 4.69) is 58.6 Å². The lowest BCUT2D eigenvalue weighted by molar-refractivity contribution is -0.162. The summed E-state index contributed by atoms with van der Waals surface area (Å²) in [5, 5.41) is 3.74. The fourth-order valence-electron chi connectivity index (χ4n) is 8.49. The van der Waals surface area contributed by atoms with E-state index in [0.717, 1.165) is 38.2 Å². The summed E-state index contributed by atoms with van der Waals surface area (Å²) >= 11 is 1.67. The standard InChI is InChI=1S/C49H54NO5PSSi/c1-8-31-54-48(53)47(56(37-23-12-9-13-24-37,38-25-14-10-15-26-38)39-27-16-11-17-28-39)50-44(43(46(50)52)34(2)55-58(6,7)49(3,4)5)41-29-20-22-36(45(41)51)33-40-32-35-21-18-19-30-42(35)57-40/h8-19,21,23-28,30,32-34,41,43-44H,1,20,22,29,31H2,2-7H3/b36-33+/t34-,41-,43-,44-/m1/s1. The van der Waals surface area contributed by atoms with Crippen molar-refractivity contribution < 1.29 is 23.5 Å². The zero-order valence-electron chi connectivity index (χ0n) is 34.4. The fourth-order valence-corrected chi connectivity index (χ4v) is 15.3. The normalized spacial score (nSPS) is 20.1. The molecule has 0 N–H and O–H groups in total. The molecule has 0 unspecified atom stereocenters. The minimum Gasteiger partial charge on any atom is -0.457 e. The number of thiophene rings is 1. The zero-order chi connectivity index (χ0) is 41.2. The molecule has 0 bridgehead atoms. The van der Waals surface area contributed by atoms with Crippen molar-refractivity contribution in [3.63, 3.8) is 0 Å². The van der Waals surface area contributed by atoms with E-state index in [1.54, 1.807) is 22.3 Å². The maximum atomic E-state index is 15.4. The van der Waals surface area contributed by atoms with Crippen molar-refractivity contribution in [1.29, 1.82) is 0 Å². The van der Waals surface area contributed by atoms with Gasteiger partial charge in [0.05, 0.1) is 18.1 Å². The highest BCUT2D eigenvalue weighted by Gasteiger charge is 2.60. The third-order valence-electron chi connectivity index (χ3n) is 12.3. The predicted octanol–water partition coefficient (Wildman–Crippen LogP) is 9.74. The minimum atomic E-state index is -3.18. The number of amides is 1. The Bertz CT molecular complexity index is 2260. The summed E-state index contributed by atoms with van der Waals surface area (Å²) in [4.78, 5) is 48.5. The first kappa shape index (κ1) is 41.6. The lowest BCUT2D eigenvalue weighted by Gasteiger charge is -2.55. The van der Waals surface area contributed by atoms with Crippen LogP contribution in [0.5, 0.6) is 0 Å². The third-order valence-corrected chi connectivity index (χ3v) is 22.1. The van der Waals surface area contributed by atoms with E-state index in [-0.39, 0.29) is 28.8 Å². The van der Waals surface area contributed by atoms with Crippen molar-refractivity contribution in [2.24, 2.45) is 11.8 Å². The Morgan fingerprint density at radius 2 is 1.45 bits per heavy atom. The first-order valence-corrected chi connectivity index (χ1v) is 25.8. The molecule has 2 fully saturated rings. The number of rotatable bonds is 12. The molecule has 1 amide bonds. The van der Waals surface area contributed by atoms with Crippen molar-refractivity contribution >= 4 is 81.7 Å². The van der Waals surface area contributed by atoms with Crippen LogP contribution in [0.2, 0.25) is 18.1 Å². The number of ether oxygens (including phenoxy) is 1. The molecule has 2 heterocycles. The molecule has 6 nitrogen and oxygen atoms in total. The van der Waals surface area contributed by atoms with Gasteiger partial charge in [-0.25, -0.2) is 4.79 Å². The summed E-state index contributed by atoms with van der Waals surface area (Å²) in [5.74, 6) is -2.00. The van der Waals surface area contributed by atoms with Crippen molar-refractivity contribution in [3.8, 4) is 0 Å². The van der Waals surface area contributed by atoms with Gasteiger partial charge in [0.25, 0.3) is 0 Å². The van der Waals surface area contributed by atoms with Gasteiger partial charge in [-0.15, -0.1) is 11.3 Å². The maximum Gasteiger partial charge on any atom is 0.356 e. The summed E-state index contributed by atoms with van der Waals surface area (Å²) in [6.07, 6.45) is 5.12. The number of allylic oxidation sites excluding steroid dienone is 1. The van der Waals surface area contributed by atoms with Crippen molar-refractivity contribution in [1.82, 2.24) is 4.90 Å². The Morgan fingerprint density at radius 3 is 1.98 bits per heavy atom. The number of likely N-dealkylation sites (tertiary alicyclic amines) is 1. The van der Waals surface area contributed by atoms with E-state index in [1.165, 1.54) is 4.70 Å². The van der Waals surface area contributed by atoms with Gasteiger partial charge in [-0.2, -0.15) is 0 Å². The Hall–Kier alpha value is -4.59. The van der Waals surface area contributed by atoms with Gasteiger partial charge in [-0.1, -0.05) is 143 Å². The fraction of sp³-hybridized carbons (Fsp3) is 0.306. The number of benzene rings is 4.